The number of allylic oxidation sites excluding steroid dienone is 6. The Hall–Kier alpha value is -1.81. The smallest absolute Gasteiger partial charge is 0.457 e. The number of carbonyl (C=O) groups is 2. The van der Waals surface area contributed by atoms with Crippen LogP contribution in [-0.4, -0.2) is 65.7 Å². The van der Waals surface area contributed by atoms with Crippen LogP contribution in [0.3, 0.4) is 0 Å². The topological polar surface area (TPSA) is 149 Å². The second kappa shape index (κ2) is 29.9. The molecule has 256 valence electrons. The van der Waals surface area contributed by atoms with Crippen molar-refractivity contribution >= 4 is 19.8 Å². The van der Waals surface area contributed by atoms with Crippen molar-refractivity contribution in [3.63, 3.8) is 0 Å². The van der Waals surface area contributed by atoms with Gasteiger partial charge >= 0.3 is 19.8 Å². The molecule has 0 radical (unpaired) electrons. The van der Waals surface area contributed by atoms with Crippen molar-refractivity contribution in [3.8, 4) is 0 Å². The van der Waals surface area contributed by atoms with E-state index in [1.165, 1.54) is 0 Å². The van der Waals surface area contributed by atoms with E-state index in [0.29, 0.717) is 12.8 Å². The molecule has 0 saturated carbocycles. The summed E-state index contributed by atoms with van der Waals surface area (Å²) in [6, 6.07) is 0. The second-order valence-electron chi connectivity index (χ2n) is 10.8. The van der Waals surface area contributed by atoms with E-state index < -0.39 is 58.4 Å². The molecule has 0 aromatic carbocycles. The maximum atomic E-state index is 12.2. The van der Waals surface area contributed by atoms with Gasteiger partial charge in [-0.3, -0.25) is 18.6 Å². The summed E-state index contributed by atoms with van der Waals surface area (Å²) in [6.07, 6.45) is 25.9. The number of phosphoric acid groups is 1. The van der Waals surface area contributed by atoms with Crippen molar-refractivity contribution in [2.24, 2.45) is 0 Å². The Morgan fingerprint density at radius 3 is 1.55 bits per heavy atom. The molecule has 0 bridgehead atoms. The van der Waals surface area contributed by atoms with E-state index >= 15 is 0 Å². The van der Waals surface area contributed by atoms with E-state index in [1.807, 2.05) is 0 Å². The van der Waals surface area contributed by atoms with E-state index in [-0.39, 0.29) is 12.8 Å². The fraction of sp³-hybridized carbons (Fsp3) is 0.758. The highest BCUT2D eigenvalue weighted by molar-refractivity contribution is 7.47. The minimum Gasteiger partial charge on any atom is -0.457 e. The average Bonchev–Trinajstić information content (AvgIpc) is 3.01. The molecule has 3 unspecified atom stereocenters. The molecule has 0 aromatic heterocycles. The lowest BCUT2D eigenvalue weighted by Crippen LogP contribution is -2.28. The van der Waals surface area contributed by atoms with E-state index in [0.717, 1.165) is 83.5 Å². The third-order valence-electron chi connectivity index (χ3n) is 6.62. The third-order valence-corrected chi connectivity index (χ3v) is 7.57. The second-order valence-corrected chi connectivity index (χ2v) is 12.2. The largest absolute Gasteiger partial charge is 0.472 e. The molecular weight excluding hydrogens is 587 g/mol. The molecule has 44 heavy (non-hydrogen) atoms. The Kier molecular flexibility index (Phi) is 28.6. The minimum atomic E-state index is -4.62. The van der Waals surface area contributed by atoms with Crippen molar-refractivity contribution in [1.29, 1.82) is 0 Å². The quantitative estimate of drug-likeness (QED) is 0.0315. The molecule has 3 atom stereocenters. The van der Waals surface area contributed by atoms with Crippen molar-refractivity contribution < 1.29 is 47.8 Å². The number of hydrogen-bond acceptors (Lipinski definition) is 9. The SMILES string of the molecule is CC/C=C\C/C=C\C/C=C\CCCCCCCC(=O)OC(CO)COP(=O)(O)OCC(CO)OC(=O)CCCCCCCC. The van der Waals surface area contributed by atoms with Gasteiger partial charge in [0.2, 0.25) is 0 Å². The summed E-state index contributed by atoms with van der Waals surface area (Å²) >= 11 is 0. The van der Waals surface area contributed by atoms with Gasteiger partial charge in [0.1, 0.15) is 12.2 Å². The number of rotatable bonds is 30. The Balaban J connectivity index is 4.05. The molecule has 0 fully saturated rings. The van der Waals surface area contributed by atoms with E-state index in [9.17, 15) is 29.3 Å². The summed E-state index contributed by atoms with van der Waals surface area (Å²) < 4.78 is 32.1. The Morgan fingerprint density at radius 2 is 1.07 bits per heavy atom. The Bertz CT molecular complexity index is 842. The predicted octanol–water partition coefficient (Wildman–Crippen LogP) is 7.27. The van der Waals surface area contributed by atoms with Gasteiger partial charge in [0, 0.05) is 12.8 Å². The van der Waals surface area contributed by atoms with Crippen LogP contribution < -0.4 is 0 Å². The van der Waals surface area contributed by atoms with E-state index in [2.05, 4.69) is 50.3 Å². The van der Waals surface area contributed by atoms with Crippen molar-refractivity contribution in [3.05, 3.63) is 36.5 Å². The first-order valence-electron chi connectivity index (χ1n) is 16.4. The Morgan fingerprint density at radius 1 is 0.636 bits per heavy atom. The number of ether oxygens (including phenoxy) is 2. The molecular formula is C33H59O10P. The zero-order valence-electron chi connectivity index (χ0n) is 27.1. The summed E-state index contributed by atoms with van der Waals surface area (Å²) in [6.45, 7) is 1.95. The fourth-order valence-electron chi connectivity index (χ4n) is 4.07. The third kappa shape index (κ3) is 27.7. The first kappa shape index (κ1) is 42.2. The van der Waals surface area contributed by atoms with Gasteiger partial charge in [-0.25, -0.2) is 4.57 Å². The molecule has 0 aromatic rings. The van der Waals surface area contributed by atoms with Crippen molar-refractivity contribution in [2.45, 2.75) is 135 Å². The summed E-state index contributed by atoms with van der Waals surface area (Å²) in [5.41, 5.74) is 0. The van der Waals surface area contributed by atoms with Crippen LogP contribution in [0.5, 0.6) is 0 Å². The molecule has 0 rings (SSSR count). The summed E-state index contributed by atoms with van der Waals surface area (Å²) in [5, 5.41) is 18.9. The van der Waals surface area contributed by atoms with Gasteiger partial charge in [0.15, 0.2) is 0 Å². The molecule has 0 aliphatic carbocycles. The standard InChI is InChI=1S/C33H59O10P/c1-3-5-7-9-11-12-13-14-15-16-17-18-19-21-23-25-33(37)43-31(27-35)29-41-44(38,39)40-28-30(26-34)42-32(36)24-22-20-10-8-6-4-2/h5,7,11-12,14-15,30-31,34-35H,3-4,6,8-10,13,16-29H2,1-2H3,(H,38,39)/b7-5-,12-11-,15-14-. The Labute approximate surface area is 265 Å². The van der Waals surface area contributed by atoms with Gasteiger partial charge < -0.3 is 24.6 Å². The summed E-state index contributed by atoms with van der Waals surface area (Å²) in [7, 11) is -4.62. The molecule has 0 spiro atoms. The van der Waals surface area contributed by atoms with Crippen LogP contribution in [0.4, 0.5) is 0 Å². The minimum absolute atomic E-state index is 0.172. The zero-order valence-corrected chi connectivity index (χ0v) is 28.0. The first-order valence-corrected chi connectivity index (χ1v) is 17.9. The molecule has 0 heterocycles. The van der Waals surface area contributed by atoms with Crippen LogP contribution in [-0.2, 0) is 32.7 Å². The van der Waals surface area contributed by atoms with Gasteiger partial charge in [-0.05, 0) is 44.9 Å². The number of hydrogen-bond donors (Lipinski definition) is 3. The van der Waals surface area contributed by atoms with Crippen molar-refractivity contribution in [2.75, 3.05) is 26.4 Å². The van der Waals surface area contributed by atoms with Crippen LogP contribution in [0.2, 0.25) is 0 Å². The lowest BCUT2D eigenvalue weighted by molar-refractivity contribution is -0.153. The van der Waals surface area contributed by atoms with Crippen molar-refractivity contribution in [1.82, 2.24) is 0 Å². The normalized spacial score (nSPS) is 14.8. The number of aliphatic hydroxyl groups excluding tert-OH is 2. The van der Waals surface area contributed by atoms with Gasteiger partial charge in [0.05, 0.1) is 26.4 Å². The van der Waals surface area contributed by atoms with Crippen LogP contribution in [0.15, 0.2) is 36.5 Å². The lowest BCUT2D eigenvalue weighted by Gasteiger charge is -2.20. The van der Waals surface area contributed by atoms with Crippen LogP contribution in [0.25, 0.3) is 0 Å². The monoisotopic (exact) mass is 646 g/mol. The first-order chi connectivity index (χ1) is 21.3. The van der Waals surface area contributed by atoms with Gasteiger partial charge in [0.25, 0.3) is 0 Å². The number of carbonyl (C=O) groups excluding carboxylic acids is 2. The molecule has 3 N–H and O–H groups in total. The van der Waals surface area contributed by atoms with E-state index in [4.69, 9.17) is 18.5 Å². The molecule has 0 aliphatic rings. The van der Waals surface area contributed by atoms with Gasteiger partial charge in [-0.1, -0.05) is 102 Å². The maximum absolute atomic E-state index is 12.2. The highest BCUT2D eigenvalue weighted by Gasteiger charge is 2.27. The van der Waals surface area contributed by atoms with Gasteiger partial charge in [-0.2, -0.15) is 0 Å². The average molecular weight is 647 g/mol. The highest BCUT2D eigenvalue weighted by atomic mass is 31.2. The fourth-order valence-corrected chi connectivity index (χ4v) is 4.85. The highest BCUT2D eigenvalue weighted by Crippen LogP contribution is 2.43. The molecule has 10 nitrogen and oxygen atoms in total. The molecule has 0 aliphatic heterocycles. The maximum Gasteiger partial charge on any atom is 0.472 e. The number of aliphatic hydroxyl groups is 2. The molecule has 0 amide bonds. The molecule has 0 saturated heterocycles. The number of esters is 2. The summed E-state index contributed by atoms with van der Waals surface area (Å²) in [5.74, 6) is -1.05. The van der Waals surface area contributed by atoms with Crippen LogP contribution >= 0.6 is 7.82 Å². The van der Waals surface area contributed by atoms with Crippen LogP contribution in [0.1, 0.15) is 123 Å². The molecule has 11 heteroatoms. The number of unbranched alkanes of at least 4 members (excludes halogenated alkanes) is 10. The predicted molar refractivity (Wildman–Crippen MR) is 173 cm³/mol. The van der Waals surface area contributed by atoms with Crippen LogP contribution in [0, 0.1) is 0 Å². The van der Waals surface area contributed by atoms with Gasteiger partial charge in [-0.15, -0.1) is 0 Å². The lowest BCUT2D eigenvalue weighted by atomic mass is 10.1. The van der Waals surface area contributed by atoms with E-state index in [1.54, 1.807) is 0 Å². The number of phosphoric ester groups is 1. The summed E-state index contributed by atoms with van der Waals surface area (Å²) in [4.78, 5) is 34.0. The zero-order chi connectivity index (χ0) is 32.7.